The summed E-state index contributed by atoms with van der Waals surface area (Å²) >= 11 is 0. The monoisotopic (exact) mass is 384 g/mol. The van der Waals surface area contributed by atoms with Gasteiger partial charge in [0.05, 0.1) is 30.3 Å². The number of nitriles is 1. The van der Waals surface area contributed by atoms with Crippen molar-refractivity contribution in [2.75, 3.05) is 19.8 Å². The van der Waals surface area contributed by atoms with Gasteiger partial charge in [-0.25, -0.2) is 9.59 Å². The molecule has 0 saturated carbocycles. The first-order chi connectivity index (χ1) is 13.5. The second-order valence-corrected chi connectivity index (χ2v) is 6.06. The number of carbonyl (C=O) groups is 2. The minimum Gasteiger partial charge on any atom is -0.478 e. The number of esters is 2. The summed E-state index contributed by atoms with van der Waals surface area (Å²) in [6.45, 7) is 7.19. The van der Waals surface area contributed by atoms with E-state index in [1.165, 1.54) is 0 Å². The molecule has 148 valence electrons. The third-order valence-corrected chi connectivity index (χ3v) is 4.27. The predicted molar refractivity (Wildman–Crippen MR) is 102 cm³/mol. The molecule has 0 bridgehead atoms. The van der Waals surface area contributed by atoms with Gasteiger partial charge in [-0.3, -0.25) is 0 Å². The average Bonchev–Trinajstić information content (AvgIpc) is 2.66. The summed E-state index contributed by atoms with van der Waals surface area (Å²) in [4.78, 5) is 25.5. The van der Waals surface area contributed by atoms with E-state index < -0.39 is 17.9 Å². The van der Waals surface area contributed by atoms with Crippen LogP contribution in [0.1, 0.15) is 39.2 Å². The van der Waals surface area contributed by atoms with E-state index in [2.05, 4.69) is 5.32 Å². The van der Waals surface area contributed by atoms with Crippen LogP contribution in [0.3, 0.4) is 0 Å². The third kappa shape index (κ3) is 4.34. The van der Waals surface area contributed by atoms with Gasteiger partial charge in [0.2, 0.25) is 0 Å². The van der Waals surface area contributed by atoms with Gasteiger partial charge in [0.1, 0.15) is 11.8 Å². The van der Waals surface area contributed by atoms with Crippen molar-refractivity contribution in [3.05, 3.63) is 52.4 Å². The molecule has 1 N–H and O–H groups in total. The van der Waals surface area contributed by atoms with Crippen LogP contribution in [0.5, 0.6) is 5.75 Å². The molecule has 0 saturated heterocycles. The van der Waals surface area contributed by atoms with Crippen LogP contribution in [0.25, 0.3) is 0 Å². The Morgan fingerprint density at radius 2 is 1.57 bits per heavy atom. The second kappa shape index (κ2) is 9.60. The number of rotatable bonds is 7. The zero-order chi connectivity index (χ0) is 20.7. The number of dihydropyridines is 1. The van der Waals surface area contributed by atoms with E-state index in [4.69, 9.17) is 19.5 Å². The van der Waals surface area contributed by atoms with Gasteiger partial charge < -0.3 is 19.5 Å². The Bertz CT molecular complexity index is 824. The minimum absolute atomic E-state index is 0.156. The quantitative estimate of drug-likeness (QED) is 0.722. The van der Waals surface area contributed by atoms with E-state index in [0.29, 0.717) is 33.9 Å². The van der Waals surface area contributed by atoms with Gasteiger partial charge in [-0.1, -0.05) is 18.2 Å². The molecular weight excluding hydrogens is 360 g/mol. The summed E-state index contributed by atoms with van der Waals surface area (Å²) in [6.07, 6.45) is 0. The Hall–Kier alpha value is -3.27. The maximum atomic E-state index is 12.8. The number of nitrogens with one attached hydrogen (secondary N) is 1. The van der Waals surface area contributed by atoms with Crippen LogP contribution in [0.2, 0.25) is 0 Å². The fraction of sp³-hybridized carbons (Fsp3) is 0.381. The van der Waals surface area contributed by atoms with E-state index in [-0.39, 0.29) is 19.8 Å². The van der Waals surface area contributed by atoms with Crippen LogP contribution in [0.15, 0.2) is 46.8 Å². The van der Waals surface area contributed by atoms with E-state index in [1.807, 2.05) is 6.07 Å². The van der Waals surface area contributed by atoms with E-state index in [1.54, 1.807) is 52.0 Å². The standard InChI is InChI=1S/C21H24N2O5/c1-5-26-20(24)17-13(3)23-14(4)18(21(25)27-6-2)19(17)15-9-7-8-10-16(15)28-12-11-22/h7-10,19,23H,5-6,12H2,1-4H3. The summed E-state index contributed by atoms with van der Waals surface area (Å²) in [5, 5.41) is 12.0. The topological polar surface area (TPSA) is 97.7 Å². The van der Waals surface area contributed by atoms with Crippen LogP contribution in [-0.2, 0) is 19.1 Å². The number of para-hydroxylation sites is 1. The number of allylic oxidation sites excluding steroid dienone is 2. The Labute approximate surface area is 164 Å². The van der Waals surface area contributed by atoms with Gasteiger partial charge in [-0.2, -0.15) is 5.26 Å². The van der Waals surface area contributed by atoms with Crippen molar-refractivity contribution in [2.45, 2.75) is 33.6 Å². The first-order valence-corrected chi connectivity index (χ1v) is 9.07. The molecule has 0 aromatic heterocycles. The summed E-state index contributed by atoms with van der Waals surface area (Å²) in [7, 11) is 0. The summed E-state index contributed by atoms with van der Waals surface area (Å²) < 4.78 is 16.0. The average molecular weight is 384 g/mol. The Morgan fingerprint density at radius 1 is 1.04 bits per heavy atom. The number of carbonyl (C=O) groups excluding carboxylic acids is 2. The summed E-state index contributed by atoms with van der Waals surface area (Å²) in [6, 6.07) is 8.94. The zero-order valence-electron chi connectivity index (χ0n) is 16.5. The van der Waals surface area contributed by atoms with Gasteiger partial charge in [0, 0.05) is 17.0 Å². The molecule has 0 aliphatic carbocycles. The Morgan fingerprint density at radius 3 is 2.07 bits per heavy atom. The van der Waals surface area contributed by atoms with Crippen molar-refractivity contribution in [1.82, 2.24) is 5.32 Å². The van der Waals surface area contributed by atoms with E-state index in [9.17, 15) is 9.59 Å². The zero-order valence-corrected chi connectivity index (χ0v) is 16.5. The highest BCUT2D eigenvalue weighted by Crippen LogP contribution is 2.42. The molecule has 28 heavy (non-hydrogen) atoms. The molecule has 7 nitrogen and oxygen atoms in total. The lowest BCUT2D eigenvalue weighted by molar-refractivity contribution is -0.139. The molecular formula is C21H24N2O5. The lowest BCUT2D eigenvalue weighted by atomic mass is 9.80. The fourth-order valence-electron chi connectivity index (χ4n) is 3.22. The van der Waals surface area contributed by atoms with Crippen molar-refractivity contribution < 1.29 is 23.8 Å². The molecule has 0 unspecified atom stereocenters. The molecule has 0 fully saturated rings. The number of nitrogens with zero attached hydrogens (tertiary/aromatic N) is 1. The highest BCUT2D eigenvalue weighted by Gasteiger charge is 2.39. The van der Waals surface area contributed by atoms with Crippen molar-refractivity contribution in [3.63, 3.8) is 0 Å². The van der Waals surface area contributed by atoms with Crippen LogP contribution >= 0.6 is 0 Å². The SMILES string of the molecule is CCOC(=O)C1=C(C)NC(C)=C(C(=O)OCC)C1c1ccccc1OCC#N. The smallest absolute Gasteiger partial charge is 0.336 e. The first kappa shape index (κ1) is 21.0. The molecule has 7 heteroatoms. The van der Waals surface area contributed by atoms with Crippen molar-refractivity contribution in [3.8, 4) is 11.8 Å². The second-order valence-electron chi connectivity index (χ2n) is 6.06. The largest absolute Gasteiger partial charge is 0.478 e. The first-order valence-electron chi connectivity index (χ1n) is 9.07. The van der Waals surface area contributed by atoms with Crippen molar-refractivity contribution >= 4 is 11.9 Å². The van der Waals surface area contributed by atoms with Crippen LogP contribution in [0.4, 0.5) is 0 Å². The third-order valence-electron chi connectivity index (χ3n) is 4.27. The Balaban J connectivity index is 2.69. The normalized spacial score (nSPS) is 14.2. The molecule has 1 aliphatic rings. The molecule has 0 radical (unpaired) electrons. The minimum atomic E-state index is -0.741. The highest BCUT2D eigenvalue weighted by molar-refractivity contribution is 6.00. The molecule has 0 spiro atoms. The van der Waals surface area contributed by atoms with E-state index >= 15 is 0 Å². The van der Waals surface area contributed by atoms with Crippen LogP contribution < -0.4 is 10.1 Å². The maximum absolute atomic E-state index is 12.8. The summed E-state index contributed by atoms with van der Waals surface area (Å²) in [5.41, 5.74) is 2.38. The van der Waals surface area contributed by atoms with Gasteiger partial charge in [-0.15, -0.1) is 0 Å². The Kier molecular flexibility index (Phi) is 7.21. The van der Waals surface area contributed by atoms with Crippen LogP contribution in [-0.4, -0.2) is 31.8 Å². The number of hydrogen-bond donors (Lipinski definition) is 1. The molecule has 1 aromatic rings. The van der Waals surface area contributed by atoms with Gasteiger partial charge in [0.25, 0.3) is 0 Å². The van der Waals surface area contributed by atoms with Gasteiger partial charge in [-0.05, 0) is 33.8 Å². The molecule has 0 atom stereocenters. The van der Waals surface area contributed by atoms with Gasteiger partial charge >= 0.3 is 11.9 Å². The lowest BCUT2D eigenvalue weighted by Crippen LogP contribution is -2.32. The van der Waals surface area contributed by atoms with Gasteiger partial charge in [0.15, 0.2) is 6.61 Å². The highest BCUT2D eigenvalue weighted by atomic mass is 16.5. The number of benzene rings is 1. The maximum Gasteiger partial charge on any atom is 0.336 e. The molecule has 0 amide bonds. The molecule has 2 rings (SSSR count). The summed E-state index contributed by atoms with van der Waals surface area (Å²) in [5.74, 6) is -1.38. The van der Waals surface area contributed by atoms with Crippen LogP contribution in [0, 0.1) is 11.3 Å². The molecule has 1 aliphatic heterocycles. The van der Waals surface area contributed by atoms with E-state index in [0.717, 1.165) is 0 Å². The predicted octanol–water partition coefficient (Wildman–Crippen LogP) is 2.95. The van der Waals surface area contributed by atoms with Crippen molar-refractivity contribution in [2.24, 2.45) is 0 Å². The molecule has 1 heterocycles. The fourth-order valence-corrected chi connectivity index (χ4v) is 3.22. The lowest BCUT2D eigenvalue weighted by Gasteiger charge is -2.31. The van der Waals surface area contributed by atoms with Crippen molar-refractivity contribution in [1.29, 1.82) is 5.26 Å². The molecule has 1 aromatic carbocycles. The number of ether oxygens (including phenoxy) is 3. The number of hydrogen-bond acceptors (Lipinski definition) is 7.